The van der Waals surface area contributed by atoms with E-state index < -0.39 is 6.29 Å². The van der Waals surface area contributed by atoms with Crippen LogP contribution in [0.5, 0.6) is 5.75 Å². The lowest BCUT2D eigenvalue weighted by Crippen LogP contribution is -2.05. The fourth-order valence-electron chi connectivity index (χ4n) is 3.81. The van der Waals surface area contributed by atoms with Crippen LogP contribution in [0.4, 0.5) is 0 Å². The molecule has 8 heteroatoms. The van der Waals surface area contributed by atoms with Crippen molar-refractivity contribution in [1.82, 2.24) is 14.5 Å². The first-order valence-electron chi connectivity index (χ1n) is 10.7. The Bertz CT molecular complexity index is 1250. The molecule has 0 radical (unpaired) electrons. The molecule has 3 aromatic heterocycles. The monoisotopic (exact) mass is 469 g/mol. The van der Waals surface area contributed by atoms with Crippen LogP contribution in [-0.4, -0.2) is 38.1 Å². The van der Waals surface area contributed by atoms with Crippen LogP contribution in [0.25, 0.3) is 32.0 Å². The minimum Gasteiger partial charge on any atom is -0.489 e. The number of pyridine rings is 1. The Kier molecular flexibility index (Phi) is 5.90. The molecule has 4 aromatic rings. The summed E-state index contributed by atoms with van der Waals surface area (Å²) in [4.78, 5) is 10.3. The summed E-state index contributed by atoms with van der Waals surface area (Å²) in [7, 11) is 0. The third-order valence-corrected chi connectivity index (χ3v) is 6.79. The van der Waals surface area contributed by atoms with Gasteiger partial charge in [-0.25, -0.2) is 9.97 Å². The van der Waals surface area contributed by atoms with Gasteiger partial charge in [0, 0.05) is 41.6 Å². The first-order valence-corrected chi connectivity index (χ1v) is 11.9. The van der Waals surface area contributed by atoms with Gasteiger partial charge in [-0.3, -0.25) is 0 Å². The molecule has 6 nitrogen and oxygen atoms in total. The second-order valence-electron chi connectivity index (χ2n) is 8.15. The van der Waals surface area contributed by atoms with E-state index in [9.17, 15) is 5.11 Å². The van der Waals surface area contributed by atoms with E-state index in [2.05, 4.69) is 26.8 Å². The SMILES string of the molecule is CC(C)Oc1ccc(-c2ncc(-c3ccnc4c3ccn4CCCC3OC3O)s2)cc1Cl. The molecule has 0 saturated carbocycles. The number of hydrogen-bond donors (Lipinski definition) is 1. The maximum absolute atomic E-state index is 9.31. The number of nitrogens with zero attached hydrogens (tertiary/aromatic N) is 3. The molecule has 2 atom stereocenters. The number of ether oxygens (including phenoxy) is 2. The number of halogens is 1. The van der Waals surface area contributed by atoms with Crippen LogP contribution in [0.3, 0.4) is 0 Å². The molecule has 1 N–H and O–H groups in total. The highest BCUT2D eigenvalue weighted by Gasteiger charge is 2.35. The zero-order valence-corrected chi connectivity index (χ0v) is 19.4. The molecule has 2 unspecified atom stereocenters. The Morgan fingerprint density at radius 3 is 2.84 bits per heavy atom. The highest BCUT2D eigenvalue weighted by molar-refractivity contribution is 7.18. The van der Waals surface area contributed by atoms with Crippen molar-refractivity contribution in [3.05, 3.63) is 53.9 Å². The summed E-state index contributed by atoms with van der Waals surface area (Å²) < 4.78 is 13.0. The number of rotatable bonds is 8. The zero-order chi connectivity index (χ0) is 22.2. The molecule has 1 aliphatic rings. The molecular weight excluding hydrogens is 446 g/mol. The van der Waals surface area contributed by atoms with Crippen molar-refractivity contribution in [3.8, 4) is 26.8 Å². The third-order valence-electron chi connectivity index (χ3n) is 5.42. The minimum absolute atomic E-state index is 0.00420. The van der Waals surface area contributed by atoms with Crippen LogP contribution in [-0.2, 0) is 11.3 Å². The van der Waals surface area contributed by atoms with Gasteiger partial charge < -0.3 is 19.1 Å². The van der Waals surface area contributed by atoms with Gasteiger partial charge in [-0.05, 0) is 57.0 Å². The number of epoxide rings is 1. The number of aryl methyl sites for hydroxylation is 1. The predicted octanol–water partition coefficient (Wildman–Crippen LogP) is 5.76. The zero-order valence-electron chi connectivity index (χ0n) is 17.9. The maximum Gasteiger partial charge on any atom is 0.181 e. The van der Waals surface area contributed by atoms with E-state index >= 15 is 0 Å². The number of benzene rings is 1. The molecule has 0 amide bonds. The fourth-order valence-corrected chi connectivity index (χ4v) is 4.99. The lowest BCUT2D eigenvalue weighted by molar-refractivity contribution is 0.156. The molecule has 4 heterocycles. The first kappa shape index (κ1) is 21.4. The van der Waals surface area contributed by atoms with E-state index in [4.69, 9.17) is 21.1 Å². The quantitative estimate of drug-likeness (QED) is 0.332. The van der Waals surface area contributed by atoms with Crippen LogP contribution < -0.4 is 4.74 Å². The van der Waals surface area contributed by atoms with Crippen molar-refractivity contribution in [3.63, 3.8) is 0 Å². The predicted molar refractivity (Wildman–Crippen MR) is 127 cm³/mol. The van der Waals surface area contributed by atoms with Gasteiger partial charge in [-0.15, -0.1) is 11.3 Å². The largest absolute Gasteiger partial charge is 0.489 e. The lowest BCUT2D eigenvalue weighted by atomic mass is 10.1. The number of fused-ring (bicyclic) bond motifs is 1. The Morgan fingerprint density at radius 1 is 1.25 bits per heavy atom. The molecule has 1 aromatic carbocycles. The second kappa shape index (κ2) is 8.83. The number of aromatic nitrogens is 3. The second-order valence-corrected chi connectivity index (χ2v) is 9.59. The molecule has 0 bridgehead atoms. The van der Waals surface area contributed by atoms with Gasteiger partial charge in [0.25, 0.3) is 0 Å². The van der Waals surface area contributed by atoms with E-state index in [1.807, 2.05) is 50.5 Å². The average molecular weight is 470 g/mol. The summed E-state index contributed by atoms with van der Waals surface area (Å²) in [5, 5.41) is 11.9. The van der Waals surface area contributed by atoms with E-state index in [1.165, 1.54) is 0 Å². The first-order chi connectivity index (χ1) is 15.5. The van der Waals surface area contributed by atoms with Crippen LogP contribution in [0.15, 0.2) is 48.9 Å². The van der Waals surface area contributed by atoms with Crippen LogP contribution in [0, 0.1) is 0 Å². The molecule has 32 heavy (non-hydrogen) atoms. The van der Waals surface area contributed by atoms with Crippen molar-refractivity contribution < 1.29 is 14.6 Å². The summed E-state index contributed by atoms with van der Waals surface area (Å²) in [6.45, 7) is 4.79. The van der Waals surface area contributed by atoms with E-state index in [0.717, 1.165) is 51.4 Å². The summed E-state index contributed by atoms with van der Waals surface area (Å²) in [5.41, 5.74) is 3.03. The highest BCUT2D eigenvalue weighted by Crippen LogP contribution is 2.38. The van der Waals surface area contributed by atoms with Gasteiger partial charge in [0.1, 0.15) is 22.5 Å². The average Bonchev–Trinajstić information content (AvgIpc) is 3.16. The summed E-state index contributed by atoms with van der Waals surface area (Å²) >= 11 is 8.05. The number of thiazole rings is 1. The number of aliphatic hydroxyl groups excluding tert-OH is 1. The van der Waals surface area contributed by atoms with Crippen LogP contribution in [0.1, 0.15) is 26.7 Å². The Morgan fingerprint density at radius 2 is 2.09 bits per heavy atom. The minimum atomic E-state index is -0.574. The number of aliphatic hydroxyl groups is 1. The summed E-state index contributed by atoms with van der Waals surface area (Å²) in [6.07, 6.45) is 7.09. The van der Waals surface area contributed by atoms with Gasteiger partial charge in [-0.1, -0.05) is 11.6 Å². The van der Waals surface area contributed by atoms with Crippen molar-refractivity contribution in [2.24, 2.45) is 0 Å². The summed E-state index contributed by atoms with van der Waals surface area (Å²) in [5.74, 6) is 0.683. The topological polar surface area (TPSA) is 72.7 Å². The van der Waals surface area contributed by atoms with Crippen molar-refractivity contribution in [2.75, 3.05) is 0 Å². The van der Waals surface area contributed by atoms with Gasteiger partial charge in [0.2, 0.25) is 0 Å². The van der Waals surface area contributed by atoms with Gasteiger partial charge >= 0.3 is 0 Å². The molecule has 1 saturated heterocycles. The van der Waals surface area contributed by atoms with Crippen molar-refractivity contribution >= 4 is 34.0 Å². The molecule has 1 fully saturated rings. The lowest BCUT2D eigenvalue weighted by Gasteiger charge is -2.11. The van der Waals surface area contributed by atoms with Crippen molar-refractivity contribution in [2.45, 2.75) is 51.7 Å². The van der Waals surface area contributed by atoms with Crippen molar-refractivity contribution in [1.29, 1.82) is 0 Å². The van der Waals surface area contributed by atoms with Crippen LogP contribution >= 0.6 is 22.9 Å². The van der Waals surface area contributed by atoms with Gasteiger partial charge in [-0.2, -0.15) is 0 Å². The van der Waals surface area contributed by atoms with Crippen LogP contribution in [0.2, 0.25) is 5.02 Å². The standard InChI is InChI=1S/C24H24ClN3O3S/c1-14(2)30-19-6-5-15(12-18(19)25)23-27-13-21(32-23)16-7-9-26-22-17(16)8-11-28(22)10-3-4-20-24(29)31-20/h5-9,11-14,20,24,29H,3-4,10H2,1-2H3. The number of hydrogen-bond acceptors (Lipinski definition) is 6. The summed E-state index contributed by atoms with van der Waals surface area (Å²) in [6, 6.07) is 9.93. The Hall–Kier alpha value is -2.45. The van der Waals surface area contributed by atoms with E-state index in [1.54, 1.807) is 11.3 Å². The smallest absolute Gasteiger partial charge is 0.181 e. The van der Waals surface area contributed by atoms with Gasteiger partial charge in [0.05, 0.1) is 16.0 Å². The normalized spacial score (nSPS) is 17.9. The van der Waals surface area contributed by atoms with E-state index in [-0.39, 0.29) is 12.2 Å². The molecule has 0 spiro atoms. The molecule has 0 aliphatic carbocycles. The van der Waals surface area contributed by atoms with E-state index in [0.29, 0.717) is 10.8 Å². The third kappa shape index (κ3) is 4.38. The van der Waals surface area contributed by atoms with Gasteiger partial charge in [0.15, 0.2) is 6.29 Å². The molecule has 1 aliphatic heterocycles. The Balaban J connectivity index is 1.38. The fraction of sp³-hybridized carbons (Fsp3) is 0.333. The molecule has 5 rings (SSSR count). The molecular formula is C24H24ClN3O3S. The Labute approximate surface area is 195 Å². The molecule has 166 valence electrons. The maximum atomic E-state index is 9.31. The highest BCUT2D eigenvalue weighted by atomic mass is 35.5.